The van der Waals surface area contributed by atoms with Gasteiger partial charge >= 0.3 is 57.4 Å². The Morgan fingerprint density at radius 2 is 2.11 bits per heavy atom. The van der Waals surface area contributed by atoms with Crippen LogP contribution in [0.15, 0.2) is 42.5 Å². The Kier molecular flexibility index (Phi) is 6.11. The van der Waals surface area contributed by atoms with Crippen LogP contribution in [-0.4, -0.2) is 69.3 Å². The number of hydrogen-bond donors (Lipinski definition) is 1. The summed E-state index contributed by atoms with van der Waals surface area (Å²) in [6.45, 7) is 3.71. The predicted molar refractivity (Wildman–Crippen MR) is 69.3 cm³/mol. The number of rotatable bonds is 4. The zero-order chi connectivity index (χ0) is 12.3. The Morgan fingerprint density at radius 1 is 1.39 bits per heavy atom. The Balaban J connectivity index is 0.00000162. The van der Waals surface area contributed by atoms with Gasteiger partial charge in [0.25, 0.3) is 0 Å². The van der Waals surface area contributed by atoms with Crippen LogP contribution in [0.5, 0.6) is 11.5 Å². The molecule has 1 aliphatic heterocycles. The van der Waals surface area contributed by atoms with E-state index in [-0.39, 0.29) is 58.2 Å². The Labute approximate surface area is 148 Å². The summed E-state index contributed by atoms with van der Waals surface area (Å²) < 4.78 is 10.4. The first kappa shape index (κ1) is 15.5. The van der Waals surface area contributed by atoms with Crippen LogP contribution >= 0.6 is 0 Å². The van der Waals surface area contributed by atoms with E-state index in [0.29, 0.717) is 23.5 Å². The molecule has 0 unspecified atom stereocenters. The first-order valence-corrected chi connectivity index (χ1v) is 5.14. The minimum atomic E-state index is -0.942. The van der Waals surface area contributed by atoms with Crippen LogP contribution in [-0.2, 0) is 11.2 Å². The average molecular weight is 272 g/mol. The molecule has 1 N–H and O–H groups in total. The fourth-order valence-electron chi connectivity index (χ4n) is 1.62. The van der Waals surface area contributed by atoms with E-state index < -0.39 is 5.97 Å². The molecular formula is C13H13KO4. The third-order valence-electron chi connectivity index (χ3n) is 2.43. The molecule has 0 saturated heterocycles. The van der Waals surface area contributed by atoms with Crippen LogP contribution in [0.2, 0.25) is 0 Å². The first-order valence-electron chi connectivity index (χ1n) is 5.14. The molecule has 1 heterocycles. The van der Waals surface area contributed by atoms with Gasteiger partial charge in [-0.1, -0.05) is 24.8 Å². The van der Waals surface area contributed by atoms with E-state index in [2.05, 4.69) is 6.58 Å². The average Bonchev–Trinajstić information content (AvgIpc) is 2.75. The molecule has 1 aromatic carbocycles. The Hall–Kier alpha value is -0.594. The van der Waals surface area contributed by atoms with Gasteiger partial charge in [0, 0.05) is 12.0 Å². The van der Waals surface area contributed by atoms with Gasteiger partial charge in [-0.25, -0.2) is 4.79 Å². The summed E-state index contributed by atoms with van der Waals surface area (Å²) in [5.41, 5.74) is 1.16. The topological polar surface area (TPSA) is 55.8 Å². The van der Waals surface area contributed by atoms with Gasteiger partial charge in [0.2, 0.25) is 6.79 Å². The zero-order valence-electron chi connectivity index (χ0n) is 9.18. The molecule has 0 saturated carbocycles. The van der Waals surface area contributed by atoms with Crippen molar-refractivity contribution in [3.8, 4) is 11.5 Å². The summed E-state index contributed by atoms with van der Waals surface area (Å²) in [6.07, 6.45) is 3.29. The number of carboxylic acid groups (broad SMARTS) is 1. The third-order valence-corrected chi connectivity index (χ3v) is 2.43. The number of aliphatic carboxylic acids is 1. The van der Waals surface area contributed by atoms with Crippen molar-refractivity contribution in [2.24, 2.45) is 0 Å². The molecule has 0 spiro atoms. The van der Waals surface area contributed by atoms with Crippen molar-refractivity contribution in [1.82, 2.24) is 0 Å². The second kappa shape index (κ2) is 7.11. The number of hydrogen-bond acceptors (Lipinski definition) is 3. The molecule has 0 amide bonds. The molecule has 90 valence electrons. The molecule has 0 radical (unpaired) electrons. The number of ether oxygens (including phenoxy) is 2. The van der Waals surface area contributed by atoms with Crippen LogP contribution < -0.4 is 9.47 Å². The van der Waals surface area contributed by atoms with Gasteiger partial charge in [0.05, 0.1) is 0 Å². The Morgan fingerprint density at radius 3 is 2.78 bits per heavy atom. The van der Waals surface area contributed by atoms with Gasteiger partial charge in [0.15, 0.2) is 11.5 Å². The standard InChI is InChI=1S/C13H12O4.K.H/c1-2-3-10(13(14)15)6-9-4-5-11-12(7-9)17-8-16-11;;/h2-5,7H,1,6,8H2,(H,14,15);;. The van der Waals surface area contributed by atoms with E-state index in [4.69, 9.17) is 14.6 Å². The second-order valence-electron chi connectivity index (χ2n) is 3.60. The van der Waals surface area contributed by atoms with Crippen LogP contribution in [0.4, 0.5) is 0 Å². The monoisotopic (exact) mass is 272 g/mol. The maximum absolute atomic E-state index is 11.0. The summed E-state index contributed by atoms with van der Waals surface area (Å²) in [5.74, 6) is 0.409. The first-order chi connectivity index (χ1) is 8.20. The molecule has 1 aliphatic rings. The van der Waals surface area contributed by atoms with E-state index in [9.17, 15) is 4.79 Å². The number of allylic oxidation sites excluding steroid dienone is 2. The fourth-order valence-corrected chi connectivity index (χ4v) is 1.62. The van der Waals surface area contributed by atoms with Crippen LogP contribution in [0.3, 0.4) is 0 Å². The molecule has 0 fully saturated rings. The molecule has 18 heavy (non-hydrogen) atoms. The summed E-state index contributed by atoms with van der Waals surface area (Å²) in [7, 11) is 0. The van der Waals surface area contributed by atoms with E-state index >= 15 is 0 Å². The van der Waals surface area contributed by atoms with Gasteiger partial charge in [-0.3, -0.25) is 0 Å². The summed E-state index contributed by atoms with van der Waals surface area (Å²) >= 11 is 0. The molecule has 2 rings (SSSR count). The molecule has 1 aromatic rings. The number of carbonyl (C=O) groups is 1. The normalized spacial score (nSPS) is 12.8. The quantitative estimate of drug-likeness (QED) is 0.513. The minimum absolute atomic E-state index is 0. The van der Waals surface area contributed by atoms with Crippen molar-refractivity contribution in [1.29, 1.82) is 0 Å². The van der Waals surface area contributed by atoms with Crippen molar-refractivity contribution < 1.29 is 19.4 Å². The van der Waals surface area contributed by atoms with Gasteiger partial charge in [-0.05, 0) is 17.7 Å². The van der Waals surface area contributed by atoms with Gasteiger partial charge in [-0.2, -0.15) is 0 Å². The second-order valence-corrected chi connectivity index (χ2v) is 3.60. The maximum atomic E-state index is 11.0. The van der Waals surface area contributed by atoms with E-state index in [1.54, 1.807) is 12.1 Å². The summed E-state index contributed by atoms with van der Waals surface area (Å²) in [6, 6.07) is 5.40. The number of fused-ring (bicyclic) bond motifs is 1. The SMILES string of the molecule is C=CC=C(Cc1ccc2c(c1)OCO2)C(=O)O.[KH]. The summed E-state index contributed by atoms with van der Waals surface area (Å²) in [4.78, 5) is 11.0. The van der Waals surface area contributed by atoms with Crippen molar-refractivity contribution in [2.75, 3.05) is 6.79 Å². The number of carboxylic acids is 1. The van der Waals surface area contributed by atoms with Gasteiger partial charge in [0.1, 0.15) is 0 Å². The van der Waals surface area contributed by atoms with E-state index in [1.165, 1.54) is 12.2 Å². The fraction of sp³-hybridized carbons (Fsp3) is 0.154. The number of benzene rings is 1. The molecule has 0 aromatic heterocycles. The molecule has 0 bridgehead atoms. The van der Waals surface area contributed by atoms with E-state index in [1.807, 2.05) is 6.07 Å². The Bertz CT molecular complexity index is 494. The van der Waals surface area contributed by atoms with Crippen molar-refractivity contribution in [2.45, 2.75) is 6.42 Å². The van der Waals surface area contributed by atoms with Gasteiger partial charge < -0.3 is 14.6 Å². The van der Waals surface area contributed by atoms with Crippen LogP contribution in [0.1, 0.15) is 5.56 Å². The van der Waals surface area contributed by atoms with Gasteiger partial charge in [-0.15, -0.1) is 0 Å². The van der Waals surface area contributed by atoms with Crippen LogP contribution in [0.25, 0.3) is 0 Å². The molecule has 5 heteroatoms. The van der Waals surface area contributed by atoms with Crippen molar-refractivity contribution in [3.63, 3.8) is 0 Å². The molecular weight excluding hydrogens is 259 g/mol. The molecule has 0 aliphatic carbocycles. The van der Waals surface area contributed by atoms with Crippen molar-refractivity contribution >= 4 is 57.4 Å². The van der Waals surface area contributed by atoms with E-state index in [0.717, 1.165) is 5.56 Å². The van der Waals surface area contributed by atoms with Crippen molar-refractivity contribution in [3.05, 3.63) is 48.1 Å². The predicted octanol–water partition coefficient (Wildman–Crippen LogP) is 1.51. The van der Waals surface area contributed by atoms with Crippen LogP contribution in [0, 0.1) is 0 Å². The third kappa shape index (κ3) is 3.70. The zero-order valence-corrected chi connectivity index (χ0v) is 9.18. The summed E-state index contributed by atoms with van der Waals surface area (Å²) in [5, 5.41) is 8.99. The molecule has 4 nitrogen and oxygen atoms in total. The molecule has 0 atom stereocenters.